The van der Waals surface area contributed by atoms with E-state index in [0.717, 1.165) is 32.7 Å². The van der Waals surface area contributed by atoms with E-state index in [9.17, 15) is 4.79 Å². The highest BCUT2D eigenvalue weighted by atomic mass is 16.5. The molecule has 0 aliphatic carbocycles. The number of aliphatic hydroxyl groups is 1. The average Bonchev–Trinajstić information content (AvgIpc) is 2.63. The molecule has 1 fully saturated rings. The summed E-state index contributed by atoms with van der Waals surface area (Å²) < 4.78 is 5.12. The molecule has 0 radical (unpaired) electrons. The van der Waals surface area contributed by atoms with E-state index in [1.807, 2.05) is 23.1 Å². The van der Waals surface area contributed by atoms with Crippen molar-refractivity contribution in [2.24, 2.45) is 0 Å². The van der Waals surface area contributed by atoms with Gasteiger partial charge >= 0.3 is 6.03 Å². The van der Waals surface area contributed by atoms with E-state index in [1.54, 1.807) is 0 Å². The molecular formula is C18H27N3O3. The lowest BCUT2D eigenvalue weighted by Gasteiger charge is -2.34. The Hall–Kier alpha value is -1.89. The normalized spacial score (nSPS) is 15.8. The van der Waals surface area contributed by atoms with E-state index in [1.165, 1.54) is 5.56 Å². The van der Waals surface area contributed by atoms with Gasteiger partial charge in [0.05, 0.1) is 19.8 Å². The molecule has 0 aromatic heterocycles. The fourth-order valence-electron chi connectivity index (χ4n) is 2.54. The summed E-state index contributed by atoms with van der Waals surface area (Å²) in [6.07, 6.45) is 4.30. The van der Waals surface area contributed by atoms with Gasteiger partial charge in [-0.05, 0) is 5.56 Å². The Kier molecular flexibility index (Phi) is 8.31. The van der Waals surface area contributed by atoms with Crippen LogP contribution in [0.25, 0.3) is 6.08 Å². The summed E-state index contributed by atoms with van der Waals surface area (Å²) in [6, 6.07) is 10.2. The van der Waals surface area contributed by atoms with Crippen LogP contribution in [0.3, 0.4) is 0 Å². The molecule has 2 N–H and O–H groups in total. The van der Waals surface area contributed by atoms with Crippen LogP contribution in [0.1, 0.15) is 5.56 Å². The lowest BCUT2D eigenvalue weighted by Crippen LogP contribution is -2.52. The Morgan fingerprint density at radius 3 is 2.62 bits per heavy atom. The molecule has 1 aliphatic heterocycles. The molecule has 0 bridgehead atoms. The number of rotatable bonds is 8. The standard InChI is InChI=1S/C18H27N3O3/c22-14-16-24-15-8-19-18(23)21-12-10-20(11-13-21)9-4-7-17-5-2-1-3-6-17/h1-7,22H,8-16H2,(H,19,23). The number of aliphatic hydroxyl groups excluding tert-OH is 1. The van der Waals surface area contributed by atoms with Crippen molar-refractivity contribution in [2.45, 2.75) is 0 Å². The monoisotopic (exact) mass is 333 g/mol. The van der Waals surface area contributed by atoms with Crippen molar-refractivity contribution in [3.05, 3.63) is 42.0 Å². The summed E-state index contributed by atoms with van der Waals surface area (Å²) in [5.41, 5.74) is 1.21. The quantitative estimate of drug-likeness (QED) is 0.698. The van der Waals surface area contributed by atoms with Crippen molar-refractivity contribution in [3.8, 4) is 0 Å². The molecule has 0 saturated carbocycles. The number of ether oxygens (including phenoxy) is 1. The molecule has 2 amide bonds. The number of hydrogen-bond donors (Lipinski definition) is 2. The zero-order valence-electron chi connectivity index (χ0n) is 14.1. The molecule has 6 nitrogen and oxygen atoms in total. The summed E-state index contributed by atoms with van der Waals surface area (Å²) in [5.74, 6) is 0. The van der Waals surface area contributed by atoms with E-state index in [-0.39, 0.29) is 12.6 Å². The van der Waals surface area contributed by atoms with Crippen molar-refractivity contribution >= 4 is 12.1 Å². The van der Waals surface area contributed by atoms with Crippen LogP contribution in [0.5, 0.6) is 0 Å². The zero-order valence-corrected chi connectivity index (χ0v) is 14.1. The third-order valence-corrected chi connectivity index (χ3v) is 3.89. The number of amides is 2. The summed E-state index contributed by atoms with van der Waals surface area (Å²) in [5, 5.41) is 11.4. The summed E-state index contributed by atoms with van der Waals surface area (Å²) in [4.78, 5) is 16.2. The maximum Gasteiger partial charge on any atom is 0.317 e. The van der Waals surface area contributed by atoms with Gasteiger partial charge in [-0.3, -0.25) is 4.90 Å². The van der Waals surface area contributed by atoms with Gasteiger partial charge in [0.2, 0.25) is 0 Å². The fraction of sp³-hybridized carbons (Fsp3) is 0.500. The number of urea groups is 1. The minimum Gasteiger partial charge on any atom is -0.394 e. The second-order valence-corrected chi connectivity index (χ2v) is 5.67. The number of hydrogen-bond acceptors (Lipinski definition) is 4. The van der Waals surface area contributed by atoms with Crippen molar-refractivity contribution in [2.75, 3.05) is 59.1 Å². The van der Waals surface area contributed by atoms with Crippen LogP contribution in [0, 0.1) is 0 Å². The maximum atomic E-state index is 12.0. The maximum absolute atomic E-state index is 12.0. The Bertz CT molecular complexity index is 499. The molecule has 0 unspecified atom stereocenters. The first-order chi connectivity index (χ1) is 11.8. The predicted molar refractivity (Wildman–Crippen MR) is 94.8 cm³/mol. The van der Waals surface area contributed by atoms with Gasteiger partial charge in [-0.2, -0.15) is 0 Å². The van der Waals surface area contributed by atoms with Gasteiger partial charge in [-0.25, -0.2) is 4.79 Å². The number of piperazine rings is 1. The highest BCUT2D eigenvalue weighted by molar-refractivity contribution is 5.74. The third-order valence-electron chi connectivity index (χ3n) is 3.89. The number of carbonyl (C=O) groups excluding carboxylic acids is 1. The van der Waals surface area contributed by atoms with Crippen LogP contribution in [-0.4, -0.2) is 80.0 Å². The van der Waals surface area contributed by atoms with Gasteiger partial charge in [0.15, 0.2) is 0 Å². The highest BCUT2D eigenvalue weighted by Gasteiger charge is 2.19. The van der Waals surface area contributed by atoms with Crippen LogP contribution in [0.4, 0.5) is 4.79 Å². The van der Waals surface area contributed by atoms with E-state index in [4.69, 9.17) is 9.84 Å². The van der Waals surface area contributed by atoms with E-state index in [0.29, 0.717) is 19.8 Å². The average molecular weight is 333 g/mol. The Labute approximate surface area is 143 Å². The van der Waals surface area contributed by atoms with Gasteiger partial charge in [0.1, 0.15) is 0 Å². The molecule has 24 heavy (non-hydrogen) atoms. The number of carbonyl (C=O) groups is 1. The minimum absolute atomic E-state index is 0.00856. The van der Waals surface area contributed by atoms with Gasteiger partial charge in [0, 0.05) is 39.3 Å². The molecule has 1 heterocycles. The second kappa shape index (κ2) is 10.8. The number of nitrogens with one attached hydrogen (secondary N) is 1. The molecular weight excluding hydrogens is 306 g/mol. The Morgan fingerprint density at radius 1 is 1.17 bits per heavy atom. The van der Waals surface area contributed by atoms with E-state index in [2.05, 4.69) is 34.5 Å². The number of nitrogens with zero attached hydrogens (tertiary/aromatic N) is 2. The first-order valence-corrected chi connectivity index (χ1v) is 8.45. The molecule has 1 saturated heterocycles. The van der Waals surface area contributed by atoms with Crippen LogP contribution in [0.15, 0.2) is 36.4 Å². The lowest BCUT2D eigenvalue weighted by atomic mass is 10.2. The van der Waals surface area contributed by atoms with Crippen LogP contribution < -0.4 is 5.32 Å². The Balaban J connectivity index is 1.60. The molecule has 0 spiro atoms. The summed E-state index contributed by atoms with van der Waals surface area (Å²) in [7, 11) is 0. The van der Waals surface area contributed by atoms with E-state index < -0.39 is 0 Å². The van der Waals surface area contributed by atoms with Gasteiger partial charge in [-0.15, -0.1) is 0 Å². The van der Waals surface area contributed by atoms with Crippen LogP contribution >= 0.6 is 0 Å². The lowest BCUT2D eigenvalue weighted by molar-refractivity contribution is 0.0925. The van der Waals surface area contributed by atoms with Crippen molar-refractivity contribution in [1.82, 2.24) is 15.1 Å². The Morgan fingerprint density at radius 2 is 1.92 bits per heavy atom. The first-order valence-electron chi connectivity index (χ1n) is 8.45. The van der Waals surface area contributed by atoms with Crippen molar-refractivity contribution in [1.29, 1.82) is 0 Å². The van der Waals surface area contributed by atoms with Crippen molar-refractivity contribution in [3.63, 3.8) is 0 Å². The van der Waals surface area contributed by atoms with Gasteiger partial charge in [0.25, 0.3) is 0 Å². The van der Waals surface area contributed by atoms with Gasteiger partial charge in [-0.1, -0.05) is 42.5 Å². The first kappa shape index (κ1) is 18.4. The predicted octanol–water partition coefficient (Wildman–Crippen LogP) is 1.04. The molecule has 1 aromatic rings. The smallest absolute Gasteiger partial charge is 0.317 e. The molecule has 2 rings (SSSR count). The van der Waals surface area contributed by atoms with Crippen LogP contribution in [-0.2, 0) is 4.74 Å². The minimum atomic E-state index is -0.0397. The number of benzene rings is 1. The van der Waals surface area contributed by atoms with E-state index >= 15 is 0 Å². The largest absolute Gasteiger partial charge is 0.394 e. The van der Waals surface area contributed by atoms with Crippen molar-refractivity contribution < 1.29 is 14.6 Å². The molecule has 0 atom stereocenters. The molecule has 6 heteroatoms. The SMILES string of the molecule is O=C(NCCOCCO)N1CCN(CC=Cc2ccccc2)CC1. The summed E-state index contributed by atoms with van der Waals surface area (Å²) in [6.45, 7) is 5.36. The topological polar surface area (TPSA) is 65.0 Å². The third kappa shape index (κ3) is 6.70. The fourth-order valence-corrected chi connectivity index (χ4v) is 2.54. The zero-order chi connectivity index (χ0) is 17.0. The van der Waals surface area contributed by atoms with Crippen LogP contribution in [0.2, 0.25) is 0 Å². The second-order valence-electron chi connectivity index (χ2n) is 5.67. The summed E-state index contributed by atoms with van der Waals surface area (Å²) >= 11 is 0. The molecule has 1 aliphatic rings. The molecule has 1 aromatic carbocycles. The molecule has 132 valence electrons. The highest BCUT2D eigenvalue weighted by Crippen LogP contribution is 2.04. The van der Waals surface area contributed by atoms with Gasteiger partial charge < -0.3 is 20.1 Å².